The molecule has 0 aliphatic carbocycles. The van der Waals surface area contributed by atoms with Crippen LogP contribution in [0.25, 0.3) is 0 Å². The fourth-order valence-electron chi connectivity index (χ4n) is 2.42. The van der Waals surface area contributed by atoms with Gasteiger partial charge in [-0.2, -0.15) is 10.1 Å². The van der Waals surface area contributed by atoms with Crippen molar-refractivity contribution in [1.82, 2.24) is 25.5 Å². The first-order chi connectivity index (χ1) is 11.8. The smallest absolute Gasteiger partial charge is 0.269 e. The SMILES string of the molecule is O=C1NCCc2ccc(cc2)Nc2nccc(n2)Nc2cc1[nH]n2. The highest BCUT2D eigenvalue weighted by atomic mass is 16.1. The topological polar surface area (TPSA) is 108 Å². The van der Waals surface area contributed by atoms with E-state index in [4.69, 9.17) is 0 Å². The lowest BCUT2D eigenvalue weighted by atomic mass is 10.1. The minimum absolute atomic E-state index is 0.190. The number of rotatable bonds is 0. The summed E-state index contributed by atoms with van der Waals surface area (Å²) < 4.78 is 0. The number of carbonyl (C=O) groups excluding carboxylic acids is 1. The molecule has 0 saturated heterocycles. The molecule has 0 radical (unpaired) electrons. The normalized spacial score (nSPS) is 13.8. The number of H-pyrrole nitrogens is 1. The Morgan fingerprint density at radius 3 is 2.75 bits per heavy atom. The molecule has 2 aromatic heterocycles. The number of hydrogen-bond donors (Lipinski definition) is 4. The third-order valence-electron chi connectivity index (χ3n) is 3.64. The number of nitrogens with zero attached hydrogens (tertiary/aromatic N) is 3. The zero-order valence-corrected chi connectivity index (χ0v) is 12.7. The van der Waals surface area contributed by atoms with Crippen molar-refractivity contribution in [2.45, 2.75) is 6.42 Å². The van der Waals surface area contributed by atoms with Gasteiger partial charge in [-0.15, -0.1) is 0 Å². The number of carbonyl (C=O) groups is 1. The van der Waals surface area contributed by atoms with Gasteiger partial charge in [-0.05, 0) is 30.2 Å². The highest BCUT2D eigenvalue weighted by Gasteiger charge is 2.11. The molecular weight excluding hydrogens is 306 g/mol. The number of fused-ring (bicyclic) bond motifs is 5. The summed E-state index contributed by atoms with van der Waals surface area (Å²) in [6.45, 7) is 0.551. The minimum atomic E-state index is -0.190. The van der Waals surface area contributed by atoms with E-state index in [1.54, 1.807) is 18.3 Å². The summed E-state index contributed by atoms with van der Waals surface area (Å²) in [6.07, 6.45) is 2.40. The van der Waals surface area contributed by atoms with Gasteiger partial charge in [-0.3, -0.25) is 9.89 Å². The van der Waals surface area contributed by atoms with Crippen molar-refractivity contribution in [3.63, 3.8) is 0 Å². The molecule has 8 nitrogen and oxygen atoms in total. The van der Waals surface area contributed by atoms with E-state index in [1.165, 1.54) is 0 Å². The van der Waals surface area contributed by atoms with E-state index in [1.807, 2.05) is 24.3 Å². The van der Waals surface area contributed by atoms with Crippen LogP contribution < -0.4 is 16.0 Å². The summed E-state index contributed by atoms with van der Waals surface area (Å²) in [6, 6.07) is 11.3. The van der Waals surface area contributed by atoms with E-state index < -0.39 is 0 Å². The number of aromatic nitrogens is 4. The average Bonchev–Trinajstić information content (AvgIpc) is 3.05. The van der Waals surface area contributed by atoms with Gasteiger partial charge in [0.1, 0.15) is 11.5 Å². The summed E-state index contributed by atoms with van der Waals surface area (Å²) in [4.78, 5) is 20.7. The molecular formula is C16H15N7O. The zero-order valence-electron chi connectivity index (χ0n) is 12.7. The van der Waals surface area contributed by atoms with Gasteiger partial charge in [0.25, 0.3) is 5.91 Å². The Labute approximate surface area is 137 Å². The molecule has 4 N–H and O–H groups in total. The Morgan fingerprint density at radius 2 is 1.88 bits per heavy atom. The van der Waals surface area contributed by atoms with Gasteiger partial charge in [0, 0.05) is 24.5 Å². The second-order valence-electron chi connectivity index (χ2n) is 5.39. The van der Waals surface area contributed by atoms with Gasteiger partial charge >= 0.3 is 0 Å². The van der Waals surface area contributed by atoms with Crippen LogP contribution in [-0.4, -0.2) is 32.6 Å². The molecule has 24 heavy (non-hydrogen) atoms. The van der Waals surface area contributed by atoms with Gasteiger partial charge in [0.2, 0.25) is 5.95 Å². The van der Waals surface area contributed by atoms with Gasteiger partial charge in [-0.25, -0.2) is 4.98 Å². The first-order valence-electron chi connectivity index (χ1n) is 7.56. The van der Waals surface area contributed by atoms with E-state index in [0.717, 1.165) is 17.7 Å². The molecule has 120 valence electrons. The molecule has 2 aliphatic heterocycles. The van der Waals surface area contributed by atoms with Crippen molar-refractivity contribution >= 4 is 29.2 Å². The third-order valence-corrected chi connectivity index (χ3v) is 3.64. The maximum Gasteiger partial charge on any atom is 0.269 e. The second kappa shape index (κ2) is 5.99. The molecule has 0 atom stereocenters. The average molecular weight is 321 g/mol. The highest BCUT2D eigenvalue weighted by Crippen LogP contribution is 2.18. The molecule has 3 aromatic rings. The number of amides is 1. The molecule has 8 heteroatoms. The molecule has 0 unspecified atom stereocenters. The third kappa shape index (κ3) is 3.02. The maximum absolute atomic E-state index is 12.1. The van der Waals surface area contributed by atoms with Crippen LogP contribution in [0.15, 0.2) is 42.6 Å². The largest absolute Gasteiger partial charge is 0.350 e. The quantitative estimate of drug-likeness (QED) is 0.504. The molecule has 0 saturated carbocycles. The molecule has 2 aliphatic rings. The van der Waals surface area contributed by atoms with Gasteiger partial charge in [0.15, 0.2) is 5.82 Å². The van der Waals surface area contributed by atoms with Crippen LogP contribution in [0.2, 0.25) is 0 Å². The standard InChI is InChI=1S/C16H15N7O/c24-15-12-9-14(23-22-12)20-13-6-8-18-16(21-13)19-11-3-1-10(2-4-11)5-7-17-15/h1-4,6,8-9H,5,7H2,(H,17,24)(H3,18,19,20,21,22,23). The number of aromatic amines is 1. The zero-order chi connectivity index (χ0) is 16.4. The van der Waals surface area contributed by atoms with Crippen LogP contribution in [0.3, 0.4) is 0 Å². The van der Waals surface area contributed by atoms with Crippen molar-refractivity contribution < 1.29 is 4.79 Å². The Morgan fingerprint density at radius 1 is 1.00 bits per heavy atom. The first-order valence-corrected chi connectivity index (χ1v) is 7.56. The lowest BCUT2D eigenvalue weighted by Crippen LogP contribution is -2.26. The summed E-state index contributed by atoms with van der Waals surface area (Å²) in [5, 5.41) is 15.9. The molecule has 6 bridgehead atoms. The second-order valence-corrected chi connectivity index (χ2v) is 5.39. The van der Waals surface area contributed by atoms with E-state index in [2.05, 4.69) is 36.1 Å². The van der Waals surface area contributed by atoms with Crippen LogP contribution >= 0.6 is 0 Å². The van der Waals surface area contributed by atoms with Gasteiger partial charge in [-0.1, -0.05) is 12.1 Å². The summed E-state index contributed by atoms with van der Waals surface area (Å²) in [7, 11) is 0. The molecule has 5 rings (SSSR count). The monoisotopic (exact) mass is 321 g/mol. The van der Waals surface area contributed by atoms with Crippen LogP contribution in [0.4, 0.5) is 23.3 Å². The number of benzene rings is 1. The van der Waals surface area contributed by atoms with Crippen molar-refractivity contribution in [3.05, 3.63) is 53.9 Å². The Bertz CT molecular complexity index is 872. The number of hydrogen-bond acceptors (Lipinski definition) is 6. The van der Waals surface area contributed by atoms with Crippen LogP contribution in [0.5, 0.6) is 0 Å². The Hall–Kier alpha value is -3.42. The van der Waals surface area contributed by atoms with Gasteiger partial charge in [0.05, 0.1) is 0 Å². The van der Waals surface area contributed by atoms with E-state index >= 15 is 0 Å². The van der Waals surface area contributed by atoms with Crippen LogP contribution in [0, 0.1) is 0 Å². The molecule has 4 heterocycles. The van der Waals surface area contributed by atoms with E-state index in [0.29, 0.717) is 29.8 Å². The lowest BCUT2D eigenvalue weighted by molar-refractivity contribution is 0.0949. The number of nitrogens with one attached hydrogen (secondary N) is 4. The minimum Gasteiger partial charge on any atom is -0.350 e. The fourth-order valence-corrected chi connectivity index (χ4v) is 2.42. The van der Waals surface area contributed by atoms with Crippen molar-refractivity contribution in [3.8, 4) is 0 Å². The number of anilines is 4. The van der Waals surface area contributed by atoms with Crippen molar-refractivity contribution in [2.75, 3.05) is 17.2 Å². The first kappa shape index (κ1) is 14.2. The van der Waals surface area contributed by atoms with Gasteiger partial charge < -0.3 is 16.0 Å². The summed E-state index contributed by atoms with van der Waals surface area (Å²) in [5.74, 6) is 1.38. The fraction of sp³-hybridized carbons (Fsp3) is 0.125. The lowest BCUT2D eigenvalue weighted by Gasteiger charge is -2.09. The van der Waals surface area contributed by atoms with Crippen molar-refractivity contribution in [2.24, 2.45) is 0 Å². The Balaban J connectivity index is 1.69. The van der Waals surface area contributed by atoms with E-state index in [-0.39, 0.29) is 5.91 Å². The predicted octanol–water partition coefficient (Wildman–Crippen LogP) is 1.97. The highest BCUT2D eigenvalue weighted by molar-refractivity contribution is 5.93. The van der Waals surface area contributed by atoms with Crippen LogP contribution in [-0.2, 0) is 6.42 Å². The van der Waals surface area contributed by atoms with Crippen molar-refractivity contribution in [1.29, 1.82) is 0 Å². The van der Waals surface area contributed by atoms with Crippen LogP contribution in [0.1, 0.15) is 16.1 Å². The predicted molar refractivity (Wildman–Crippen MR) is 89.7 cm³/mol. The summed E-state index contributed by atoms with van der Waals surface area (Å²) >= 11 is 0. The molecule has 0 spiro atoms. The molecule has 1 aromatic carbocycles. The maximum atomic E-state index is 12.1. The molecule has 1 amide bonds. The van der Waals surface area contributed by atoms with E-state index in [9.17, 15) is 4.79 Å². The Kier molecular flexibility index (Phi) is 3.54. The molecule has 0 fully saturated rings. The summed E-state index contributed by atoms with van der Waals surface area (Å²) in [5.41, 5.74) is 2.43.